The van der Waals surface area contributed by atoms with Gasteiger partial charge in [-0.2, -0.15) is 0 Å². The monoisotopic (exact) mass is 304 g/mol. The van der Waals surface area contributed by atoms with Crippen molar-refractivity contribution < 1.29 is 13.9 Å². The summed E-state index contributed by atoms with van der Waals surface area (Å²) in [6.45, 7) is 1.46. The Morgan fingerprint density at radius 2 is 2.09 bits per heavy atom. The van der Waals surface area contributed by atoms with Crippen molar-refractivity contribution in [2.75, 3.05) is 34.3 Å². The van der Waals surface area contributed by atoms with E-state index >= 15 is 0 Å². The second-order valence-corrected chi connectivity index (χ2v) is 5.03. The van der Waals surface area contributed by atoms with Gasteiger partial charge in [-0.25, -0.2) is 0 Å². The molecule has 0 fully saturated rings. The lowest BCUT2D eigenvalue weighted by molar-refractivity contribution is 0.0918. The number of benzene rings is 1. The molecule has 0 aliphatic rings. The Kier molecular flexibility index (Phi) is 5.48. The van der Waals surface area contributed by atoms with Crippen LogP contribution in [0.15, 0.2) is 28.7 Å². The number of hydrogen-bond donors (Lipinski definition) is 1. The van der Waals surface area contributed by atoms with Crippen LogP contribution < -0.4 is 10.1 Å². The van der Waals surface area contributed by atoms with E-state index in [0.717, 1.165) is 13.0 Å². The molecule has 0 saturated heterocycles. The van der Waals surface area contributed by atoms with E-state index in [9.17, 15) is 4.79 Å². The third kappa shape index (κ3) is 4.05. The van der Waals surface area contributed by atoms with Crippen LogP contribution in [0, 0.1) is 0 Å². The van der Waals surface area contributed by atoms with Gasteiger partial charge in [0, 0.05) is 6.54 Å². The smallest absolute Gasteiger partial charge is 0.308 e. The van der Waals surface area contributed by atoms with E-state index in [-0.39, 0.29) is 17.7 Å². The van der Waals surface area contributed by atoms with Crippen molar-refractivity contribution >= 4 is 5.91 Å². The molecule has 0 aliphatic carbocycles. The van der Waals surface area contributed by atoms with E-state index in [2.05, 4.69) is 20.4 Å². The first-order chi connectivity index (χ1) is 10.6. The minimum absolute atomic E-state index is 0.0502. The summed E-state index contributed by atoms with van der Waals surface area (Å²) in [7, 11) is 5.53. The predicted molar refractivity (Wildman–Crippen MR) is 81.8 cm³/mol. The molecule has 1 amide bonds. The number of methoxy groups -OCH3 is 1. The molecule has 2 aromatic rings. The number of nitrogens with one attached hydrogen (secondary N) is 1. The molecule has 0 unspecified atom stereocenters. The summed E-state index contributed by atoms with van der Waals surface area (Å²) < 4.78 is 10.7. The van der Waals surface area contributed by atoms with E-state index in [1.54, 1.807) is 19.2 Å². The molecule has 1 heterocycles. The zero-order valence-electron chi connectivity index (χ0n) is 13.0. The quantitative estimate of drug-likeness (QED) is 0.779. The normalized spacial score (nSPS) is 10.7. The van der Waals surface area contributed by atoms with Crippen molar-refractivity contribution in [3.63, 3.8) is 0 Å². The highest BCUT2D eigenvalue weighted by Gasteiger charge is 2.17. The average Bonchev–Trinajstić information content (AvgIpc) is 3.01. The highest BCUT2D eigenvalue weighted by atomic mass is 16.5. The van der Waals surface area contributed by atoms with Crippen LogP contribution in [0.25, 0.3) is 11.5 Å². The largest absolute Gasteiger partial charge is 0.496 e. The second kappa shape index (κ2) is 7.56. The lowest BCUT2D eigenvalue weighted by Crippen LogP contribution is -2.27. The van der Waals surface area contributed by atoms with Gasteiger partial charge in [0.05, 0.1) is 12.7 Å². The van der Waals surface area contributed by atoms with Crippen LogP contribution in [0.4, 0.5) is 0 Å². The van der Waals surface area contributed by atoms with Gasteiger partial charge in [-0.05, 0) is 39.2 Å². The predicted octanol–water partition coefficient (Wildman–Crippen LogP) is 1.43. The minimum atomic E-state index is -0.368. The van der Waals surface area contributed by atoms with Crippen LogP contribution >= 0.6 is 0 Å². The third-order valence-electron chi connectivity index (χ3n) is 3.02. The Morgan fingerprint density at radius 3 is 2.82 bits per heavy atom. The first-order valence-electron chi connectivity index (χ1n) is 7.01. The lowest BCUT2D eigenvalue weighted by Gasteiger charge is -2.08. The van der Waals surface area contributed by atoms with Crippen LogP contribution in [-0.4, -0.2) is 55.3 Å². The fourth-order valence-corrected chi connectivity index (χ4v) is 1.92. The van der Waals surface area contributed by atoms with Crippen molar-refractivity contribution in [3.05, 3.63) is 30.2 Å². The van der Waals surface area contributed by atoms with Crippen LogP contribution in [0.1, 0.15) is 17.1 Å². The minimum Gasteiger partial charge on any atom is -0.496 e. The zero-order chi connectivity index (χ0) is 15.9. The van der Waals surface area contributed by atoms with Gasteiger partial charge < -0.3 is 19.4 Å². The second-order valence-electron chi connectivity index (χ2n) is 5.03. The molecule has 1 aromatic heterocycles. The molecule has 2 rings (SSSR count). The van der Waals surface area contributed by atoms with Crippen molar-refractivity contribution in [1.82, 2.24) is 20.4 Å². The first-order valence-corrected chi connectivity index (χ1v) is 7.01. The Balaban J connectivity index is 2.00. The maximum absolute atomic E-state index is 11.9. The van der Waals surface area contributed by atoms with E-state index < -0.39 is 0 Å². The number of carbonyl (C=O) groups is 1. The average molecular weight is 304 g/mol. The fraction of sp³-hybridized carbons (Fsp3) is 0.400. The molecule has 0 aliphatic heterocycles. The molecule has 0 radical (unpaired) electrons. The third-order valence-corrected chi connectivity index (χ3v) is 3.02. The summed E-state index contributed by atoms with van der Waals surface area (Å²) in [4.78, 5) is 14.0. The Bertz CT molecular complexity index is 625. The van der Waals surface area contributed by atoms with Gasteiger partial charge in [-0.1, -0.05) is 12.1 Å². The molecule has 7 nitrogen and oxygen atoms in total. The number of rotatable bonds is 7. The topological polar surface area (TPSA) is 80.5 Å². The molecule has 0 bridgehead atoms. The number of ether oxygens (including phenoxy) is 1. The molecule has 118 valence electrons. The molecule has 0 atom stereocenters. The summed E-state index contributed by atoms with van der Waals surface area (Å²) in [6.07, 6.45) is 0.853. The lowest BCUT2D eigenvalue weighted by atomic mass is 10.2. The van der Waals surface area contributed by atoms with Crippen molar-refractivity contribution in [3.8, 4) is 17.2 Å². The molecule has 0 spiro atoms. The van der Waals surface area contributed by atoms with Crippen LogP contribution in [0.3, 0.4) is 0 Å². The number of carbonyl (C=O) groups excluding carboxylic acids is 1. The number of para-hydroxylation sites is 1. The Labute approximate surface area is 129 Å². The van der Waals surface area contributed by atoms with Gasteiger partial charge in [0.15, 0.2) is 0 Å². The van der Waals surface area contributed by atoms with E-state index in [4.69, 9.17) is 9.15 Å². The van der Waals surface area contributed by atoms with E-state index in [1.165, 1.54) is 0 Å². The van der Waals surface area contributed by atoms with Crippen LogP contribution in [0.5, 0.6) is 5.75 Å². The summed E-state index contributed by atoms with van der Waals surface area (Å²) >= 11 is 0. The molecule has 0 saturated carbocycles. The number of nitrogens with zero attached hydrogens (tertiary/aromatic N) is 3. The van der Waals surface area contributed by atoms with Crippen LogP contribution in [0.2, 0.25) is 0 Å². The molecule has 1 aromatic carbocycles. The Hall–Kier alpha value is -2.41. The number of amides is 1. The van der Waals surface area contributed by atoms with Gasteiger partial charge in [0.25, 0.3) is 5.89 Å². The summed E-state index contributed by atoms with van der Waals surface area (Å²) in [5.41, 5.74) is 0.657. The van der Waals surface area contributed by atoms with Crippen molar-refractivity contribution in [1.29, 1.82) is 0 Å². The maximum Gasteiger partial charge on any atom is 0.308 e. The fourth-order valence-electron chi connectivity index (χ4n) is 1.92. The summed E-state index contributed by atoms with van der Waals surface area (Å²) in [5, 5.41) is 10.4. The highest BCUT2D eigenvalue weighted by Crippen LogP contribution is 2.28. The van der Waals surface area contributed by atoms with Gasteiger partial charge >= 0.3 is 11.8 Å². The van der Waals surface area contributed by atoms with E-state index in [0.29, 0.717) is 17.9 Å². The van der Waals surface area contributed by atoms with Gasteiger partial charge in [0.2, 0.25) is 0 Å². The zero-order valence-corrected chi connectivity index (χ0v) is 13.0. The molecule has 7 heteroatoms. The van der Waals surface area contributed by atoms with Gasteiger partial charge in [0.1, 0.15) is 5.75 Å². The van der Waals surface area contributed by atoms with Gasteiger partial charge in [-0.15, -0.1) is 10.2 Å². The molecular weight excluding hydrogens is 284 g/mol. The SMILES string of the molecule is COc1ccccc1-c1nnc(C(=O)NCCCN(C)C)o1. The molecular formula is C15H20N4O3. The summed E-state index contributed by atoms with van der Waals surface area (Å²) in [5.74, 6) is 0.457. The summed E-state index contributed by atoms with van der Waals surface area (Å²) in [6, 6.07) is 7.27. The molecule has 1 N–H and O–H groups in total. The maximum atomic E-state index is 11.9. The van der Waals surface area contributed by atoms with Crippen molar-refractivity contribution in [2.45, 2.75) is 6.42 Å². The molecule has 22 heavy (non-hydrogen) atoms. The van der Waals surface area contributed by atoms with E-state index in [1.807, 2.05) is 26.2 Å². The van der Waals surface area contributed by atoms with Crippen LogP contribution in [-0.2, 0) is 0 Å². The van der Waals surface area contributed by atoms with Gasteiger partial charge in [-0.3, -0.25) is 4.79 Å². The van der Waals surface area contributed by atoms with Crippen molar-refractivity contribution in [2.24, 2.45) is 0 Å². The number of aromatic nitrogens is 2. The Morgan fingerprint density at radius 1 is 1.32 bits per heavy atom. The number of hydrogen-bond acceptors (Lipinski definition) is 6. The highest BCUT2D eigenvalue weighted by molar-refractivity contribution is 5.89. The first kappa shape index (κ1) is 16.0. The standard InChI is InChI=1S/C15H20N4O3/c1-19(2)10-6-9-16-13(20)15-18-17-14(22-15)11-7-4-5-8-12(11)21-3/h4-5,7-8H,6,9-10H2,1-3H3,(H,16,20).